The molecule has 0 radical (unpaired) electrons. The summed E-state index contributed by atoms with van der Waals surface area (Å²) in [7, 11) is 0. The highest BCUT2D eigenvalue weighted by Gasteiger charge is 2.57. The van der Waals surface area contributed by atoms with Crippen LogP contribution in [-0.2, 0) is 5.41 Å². The highest BCUT2D eigenvalue weighted by atomic mass is 15.0. The lowest BCUT2D eigenvalue weighted by molar-refractivity contribution is 0.629. The molecule has 0 saturated heterocycles. The molecule has 1 spiro atoms. The molecule has 7 aromatic carbocycles. The van der Waals surface area contributed by atoms with Crippen LogP contribution in [0.2, 0.25) is 0 Å². The van der Waals surface area contributed by atoms with Crippen molar-refractivity contribution in [1.29, 1.82) is 0 Å². The van der Waals surface area contributed by atoms with E-state index in [9.17, 15) is 0 Å². The first-order valence-corrected chi connectivity index (χ1v) is 20.1. The average molecular weight is 739 g/mol. The van der Waals surface area contributed by atoms with Crippen molar-refractivity contribution in [3.8, 4) is 51.0 Å². The van der Waals surface area contributed by atoms with Crippen LogP contribution in [-0.4, -0.2) is 19.5 Å². The fraction of sp³-hybridized carbons (Fsp3) is 0.0556. The third-order valence-corrected chi connectivity index (χ3v) is 13.0. The topological polar surface area (TPSA) is 43.6 Å². The Hall–Kier alpha value is -7.43. The first kappa shape index (κ1) is 31.7. The van der Waals surface area contributed by atoms with E-state index in [1.165, 1.54) is 55.4 Å². The molecule has 0 saturated carbocycles. The zero-order valence-electron chi connectivity index (χ0n) is 31.4. The van der Waals surface area contributed by atoms with Gasteiger partial charge in [-0.3, -0.25) is 0 Å². The van der Waals surface area contributed by atoms with Gasteiger partial charge in [0, 0.05) is 45.0 Å². The molecule has 0 N–H and O–H groups in total. The van der Waals surface area contributed by atoms with E-state index < -0.39 is 5.41 Å². The van der Waals surface area contributed by atoms with Crippen LogP contribution in [0.15, 0.2) is 194 Å². The molecule has 13 rings (SSSR count). The number of hydrogen-bond acceptors (Lipinski definition) is 3. The smallest absolute Gasteiger partial charge is 0.164 e. The van der Waals surface area contributed by atoms with E-state index in [0.29, 0.717) is 29.3 Å². The molecule has 0 bridgehead atoms. The quantitative estimate of drug-likeness (QED) is 0.181. The van der Waals surface area contributed by atoms with Crippen molar-refractivity contribution in [2.75, 3.05) is 0 Å². The van der Waals surface area contributed by atoms with Crippen molar-refractivity contribution in [3.63, 3.8) is 0 Å². The molecular formula is C54H34N4. The molecule has 4 heteroatoms. The highest BCUT2D eigenvalue weighted by Crippen LogP contribution is 2.67. The standard InChI is InChI=1S/C54H34N4/c1-3-13-35(14-4-1)51-55-52(36-28-30-48-42(31-36)41-20-8-10-24-47(41)58(48)38-17-5-2-6-18-38)57-53(56-51)37-27-29-40-39-19-7-9-21-43(39)54(46(40)32-37)44-22-11-15-33-25-26-34-16-12-23-45(54)50(34)49(33)44/h1-33,49H. The second-order valence-corrected chi connectivity index (χ2v) is 15.9. The van der Waals surface area contributed by atoms with Gasteiger partial charge in [0.25, 0.3) is 0 Å². The third-order valence-electron chi connectivity index (χ3n) is 13.0. The Balaban J connectivity index is 1.04. The largest absolute Gasteiger partial charge is 0.309 e. The van der Waals surface area contributed by atoms with Crippen LogP contribution >= 0.6 is 0 Å². The maximum Gasteiger partial charge on any atom is 0.164 e. The summed E-state index contributed by atoms with van der Waals surface area (Å²) in [5.74, 6) is 2.61. The lowest BCUT2D eigenvalue weighted by Gasteiger charge is -2.34. The first-order valence-electron chi connectivity index (χ1n) is 20.1. The Morgan fingerprint density at radius 3 is 2.02 bits per heavy atom. The predicted octanol–water partition coefficient (Wildman–Crippen LogP) is 12.5. The molecule has 2 aromatic heterocycles. The molecule has 4 aliphatic carbocycles. The molecule has 2 heterocycles. The van der Waals surface area contributed by atoms with Gasteiger partial charge in [0.05, 0.1) is 16.4 Å². The van der Waals surface area contributed by atoms with Crippen LogP contribution in [0, 0.1) is 5.92 Å². The van der Waals surface area contributed by atoms with E-state index in [2.05, 4.69) is 181 Å². The summed E-state index contributed by atoms with van der Waals surface area (Å²) in [6.07, 6.45) is 11.8. The Bertz CT molecular complexity index is 3300. The summed E-state index contributed by atoms with van der Waals surface area (Å²) in [6, 6.07) is 59.0. The molecule has 0 amide bonds. The molecule has 3 atom stereocenters. The van der Waals surface area contributed by atoms with E-state index in [1.54, 1.807) is 0 Å². The third kappa shape index (κ3) is 4.21. The zero-order chi connectivity index (χ0) is 38.0. The van der Waals surface area contributed by atoms with Crippen LogP contribution < -0.4 is 0 Å². The fourth-order valence-electron chi connectivity index (χ4n) is 10.7. The van der Waals surface area contributed by atoms with Gasteiger partial charge in [-0.1, -0.05) is 152 Å². The summed E-state index contributed by atoms with van der Waals surface area (Å²) < 4.78 is 2.34. The number of hydrogen-bond donors (Lipinski definition) is 0. The van der Waals surface area contributed by atoms with Crippen molar-refractivity contribution in [2.24, 2.45) is 5.92 Å². The minimum atomic E-state index is -0.414. The maximum absolute atomic E-state index is 5.34. The number of benzene rings is 7. The second-order valence-electron chi connectivity index (χ2n) is 15.9. The van der Waals surface area contributed by atoms with Gasteiger partial charge in [0.2, 0.25) is 0 Å². The van der Waals surface area contributed by atoms with Gasteiger partial charge in [0.1, 0.15) is 0 Å². The Morgan fingerprint density at radius 1 is 0.483 bits per heavy atom. The molecule has 0 aliphatic heterocycles. The van der Waals surface area contributed by atoms with Gasteiger partial charge < -0.3 is 4.57 Å². The zero-order valence-corrected chi connectivity index (χ0v) is 31.4. The maximum atomic E-state index is 5.34. The normalized spacial score (nSPS) is 19.1. The molecule has 4 aliphatic rings. The molecule has 58 heavy (non-hydrogen) atoms. The van der Waals surface area contributed by atoms with Gasteiger partial charge in [-0.15, -0.1) is 0 Å². The number of para-hydroxylation sites is 2. The number of aromatic nitrogens is 4. The number of allylic oxidation sites excluding steroid dienone is 5. The Labute approximate surface area is 335 Å². The van der Waals surface area contributed by atoms with Crippen molar-refractivity contribution in [2.45, 2.75) is 11.3 Å². The van der Waals surface area contributed by atoms with Gasteiger partial charge in [-0.05, 0) is 87.0 Å². The van der Waals surface area contributed by atoms with E-state index in [1.807, 2.05) is 18.2 Å². The minimum absolute atomic E-state index is 0.306. The minimum Gasteiger partial charge on any atom is -0.309 e. The van der Waals surface area contributed by atoms with Crippen LogP contribution in [0.3, 0.4) is 0 Å². The van der Waals surface area contributed by atoms with E-state index in [0.717, 1.165) is 33.3 Å². The van der Waals surface area contributed by atoms with Gasteiger partial charge in [0.15, 0.2) is 17.5 Å². The van der Waals surface area contributed by atoms with Crippen molar-refractivity contribution in [3.05, 3.63) is 221 Å². The Kier molecular flexibility index (Phi) is 6.45. The molecule has 3 unspecified atom stereocenters. The predicted molar refractivity (Wildman–Crippen MR) is 235 cm³/mol. The summed E-state index contributed by atoms with van der Waals surface area (Å²) in [5.41, 5.74) is 16.8. The monoisotopic (exact) mass is 738 g/mol. The molecule has 4 nitrogen and oxygen atoms in total. The van der Waals surface area contributed by atoms with Gasteiger partial charge >= 0.3 is 0 Å². The molecule has 0 fully saturated rings. The van der Waals surface area contributed by atoms with Crippen LogP contribution in [0.5, 0.6) is 0 Å². The molecule has 9 aromatic rings. The fourth-order valence-corrected chi connectivity index (χ4v) is 10.7. The Morgan fingerprint density at radius 2 is 1.16 bits per heavy atom. The van der Waals surface area contributed by atoms with Crippen molar-refractivity contribution in [1.82, 2.24) is 19.5 Å². The molecular weight excluding hydrogens is 705 g/mol. The lowest BCUT2D eigenvalue weighted by Crippen LogP contribution is -2.28. The summed E-state index contributed by atoms with van der Waals surface area (Å²) in [6.45, 7) is 0. The summed E-state index contributed by atoms with van der Waals surface area (Å²) in [4.78, 5) is 15.8. The van der Waals surface area contributed by atoms with E-state index >= 15 is 0 Å². The van der Waals surface area contributed by atoms with Crippen molar-refractivity contribution < 1.29 is 0 Å². The molecule has 270 valence electrons. The number of fused-ring (bicyclic) bond motifs is 10. The summed E-state index contributed by atoms with van der Waals surface area (Å²) >= 11 is 0. The SMILES string of the molecule is C1=CC2C=Cc3cccc4c3C2C(=C1)C41c2ccccc2-c2ccc(-c3nc(-c4ccccc4)nc(-c4ccc5c(c4)c4ccccc4n5-c4ccccc4)n3)cc21. The van der Waals surface area contributed by atoms with Gasteiger partial charge in [-0.2, -0.15) is 0 Å². The van der Waals surface area contributed by atoms with Crippen LogP contribution in [0.25, 0.3) is 78.9 Å². The number of rotatable bonds is 4. The van der Waals surface area contributed by atoms with E-state index in [-0.39, 0.29) is 0 Å². The average Bonchev–Trinajstić information content (AvgIpc) is 3.91. The second kappa shape index (κ2) is 11.8. The number of nitrogens with zero attached hydrogens (tertiary/aromatic N) is 4. The van der Waals surface area contributed by atoms with Crippen molar-refractivity contribution >= 4 is 27.9 Å². The van der Waals surface area contributed by atoms with Crippen LogP contribution in [0.4, 0.5) is 0 Å². The first-order chi connectivity index (χ1) is 28.8. The van der Waals surface area contributed by atoms with E-state index in [4.69, 9.17) is 15.0 Å². The highest BCUT2D eigenvalue weighted by molar-refractivity contribution is 6.10. The van der Waals surface area contributed by atoms with Gasteiger partial charge in [-0.25, -0.2) is 15.0 Å². The lowest BCUT2D eigenvalue weighted by atomic mass is 9.67. The summed E-state index contributed by atoms with van der Waals surface area (Å²) in [5, 5.41) is 2.35. The van der Waals surface area contributed by atoms with Crippen LogP contribution in [0.1, 0.15) is 33.7 Å².